The predicted molar refractivity (Wildman–Crippen MR) is 70.8 cm³/mol. The molecular weight excluding hydrogens is 184 g/mol. The van der Waals surface area contributed by atoms with Gasteiger partial charge in [-0.25, -0.2) is 0 Å². The molecule has 0 saturated carbocycles. The van der Waals surface area contributed by atoms with Crippen LogP contribution in [0, 0.1) is 0 Å². The van der Waals surface area contributed by atoms with Gasteiger partial charge in [-0.3, -0.25) is 0 Å². The van der Waals surface area contributed by atoms with Crippen LogP contribution in [0.1, 0.15) is 58.8 Å². The summed E-state index contributed by atoms with van der Waals surface area (Å²) in [6, 6.07) is 3.01. The predicted octanol–water partition coefficient (Wildman–Crippen LogP) is 5.47. The summed E-state index contributed by atoms with van der Waals surface area (Å²) in [5, 5.41) is 0. The molecule has 0 amide bonds. The normalized spacial score (nSPS) is 12.0. The largest absolute Gasteiger partial charge is 0.0694 e. The minimum Gasteiger partial charge on any atom is -0.0694 e. The summed E-state index contributed by atoms with van der Waals surface area (Å²) < 4.78 is 0. The van der Waals surface area contributed by atoms with Crippen molar-refractivity contribution in [1.82, 2.24) is 0 Å². The number of rotatable bonds is 9. The van der Waals surface area contributed by atoms with Crippen molar-refractivity contribution in [2.75, 3.05) is 0 Å². The topological polar surface area (TPSA) is 0 Å². The zero-order valence-corrected chi connectivity index (χ0v) is 11.9. The van der Waals surface area contributed by atoms with Gasteiger partial charge in [-0.05, 0) is 0 Å². The summed E-state index contributed by atoms with van der Waals surface area (Å²) in [6.07, 6.45) is 10.2. The summed E-state index contributed by atoms with van der Waals surface area (Å²) >= 11 is 0. The second-order valence-corrected chi connectivity index (χ2v) is 10.9. The van der Waals surface area contributed by atoms with Crippen LogP contribution in [0.4, 0.5) is 0 Å². The Morgan fingerprint density at radius 2 is 1.21 bits per heavy atom. The fraction of sp³-hybridized carbons (Fsp3) is 1.00. The minimum atomic E-state index is -0.753. The summed E-state index contributed by atoms with van der Waals surface area (Å²) in [4.78, 5) is 0. The van der Waals surface area contributed by atoms with Gasteiger partial charge in [0.2, 0.25) is 0 Å². The van der Waals surface area contributed by atoms with Crippen LogP contribution in [-0.4, -0.2) is 8.07 Å². The number of hydrogen-bond acceptors (Lipinski definition) is 0. The van der Waals surface area contributed by atoms with E-state index in [1.165, 1.54) is 51.0 Å². The molecule has 0 unspecified atom stereocenters. The van der Waals surface area contributed by atoms with E-state index in [2.05, 4.69) is 26.9 Å². The molecule has 0 aliphatic heterocycles. The second kappa shape index (κ2) is 8.52. The van der Waals surface area contributed by atoms with E-state index >= 15 is 0 Å². The highest BCUT2D eigenvalue weighted by Gasteiger charge is 2.16. The van der Waals surface area contributed by atoms with Gasteiger partial charge in [0, 0.05) is 8.07 Å². The van der Waals surface area contributed by atoms with Crippen LogP contribution in [-0.2, 0) is 0 Å². The van der Waals surface area contributed by atoms with Gasteiger partial charge in [0.05, 0.1) is 0 Å². The smallest absolute Gasteiger partial charge is 0.0471 e. The van der Waals surface area contributed by atoms with E-state index in [0.29, 0.717) is 0 Å². The molecule has 0 aromatic rings. The SMILES string of the molecule is CCCCCCCCC[Si](C)(C)CC. The molecule has 0 aromatic carbocycles. The first-order chi connectivity index (χ1) is 6.62. The molecule has 0 fully saturated rings. The molecule has 0 rings (SSSR count). The summed E-state index contributed by atoms with van der Waals surface area (Å²) in [6.45, 7) is 9.72. The first-order valence-corrected chi connectivity index (χ1v) is 10.0. The standard InChI is InChI=1S/C13H30Si/c1-5-7-8-9-10-11-12-13-14(3,4)6-2/h5-13H2,1-4H3. The highest BCUT2D eigenvalue weighted by molar-refractivity contribution is 6.77. The van der Waals surface area contributed by atoms with Crippen LogP contribution in [0.15, 0.2) is 0 Å². The van der Waals surface area contributed by atoms with Gasteiger partial charge >= 0.3 is 0 Å². The lowest BCUT2D eigenvalue weighted by Gasteiger charge is -2.19. The zero-order valence-electron chi connectivity index (χ0n) is 10.9. The van der Waals surface area contributed by atoms with Gasteiger partial charge in [-0.1, -0.05) is 84.0 Å². The van der Waals surface area contributed by atoms with E-state index in [-0.39, 0.29) is 0 Å². The lowest BCUT2D eigenvalue weighted by Crippen LogP contribution is -2.22. The molecule has 0 N–H and O–H groups in total. The molecule has 0 saturated heterocycles. The minimum absolute atomic E-state index is 0.753. The van der Waals surface area contributed by atoms with Crippen LogP contribution < -0.4 is 0 Å². The average Bonchev–Trinajstić information content (AvgIpc) is 2.16. The molecule has 0 spiro atoms. The Balaban J connectivity index is 3.13. The third-order valence-corrected chi connectivity index (χ3v) is 7.04. The van der Waals surface area contributed by atoms with Crippen molar-refractivity contribution in [3.63, 3.8) is 0 Å². The first-order valence-electron chi connectivity index (χ1n) is 6.62. The van der Waals surface area contributed by atoms with E-state index in [9.17, 15) is 0 Å². The van der Waals surface area contributed by atoms with Crippen LogP contribution in [0.25, 0.3) is 0 Å². The molecular formula is C13H30Si. The van der Waals surface area contributed by atoms with E-state index in [0.717, 1.165) is 0 Å². The Morgan fingerprint density at radius 3 is 1.71 bits per heavy atom. The Morgan fingerprint density at radius 1 is 0.714 bits per heavy atom. The van der Waals surface area contributed by atoms with Crippen molar-refractivity contribution in [3.05, 3.63) is 0 Å². The van der Waals surface area contributed by atoms with Crippen LogP contribution >= 0.6 is 0 Å². The lowest BCUT2D eigenvalue weighted by molar-refractivity contribution is 0.600. The van der Waals surface area contributed by atoms with Crippen LogP contribution in [0.3, 0.4) is 0 Å². The molecule has 0 aromatic heterocycles. The van der Waals surface area contributed by atoms with Gasteiger partial charge in [-0.2, -0.15) is 0 Å². The maximum atomic E-state index is 2.53. The molecule has 14 heavy (non-hydrogen) atoms. The monoisotopic (exact) mass is 214 g/mol. The van der Waals surface area contributed by atoms with Gasteiger partial charge < -0.3 is 0 Å². The van der Waals surface area contributed by atoms with E-state index in [4.69, 9.17) is 0 Å². The van der Waals surface area contributed by atoms with Crippen molar-refractivity contribution in [1.29, 1.82) is 0 Å². The fourth-order valence-corrected chi connectivity index (χ4v) is 3.30. The van der Waals surface area contributed by atoms with Gasteiger partial charge in [0.25, 0.3) is 0 Å². The van der Waals surface area contributed by atoms with Crippen molar-refractivity contribution in [2.24, 2.45) is 0 Å². The Labute approximate surface area is 92.5 Å². The maximum absolute atomic E-state index is 2.53. The Bertz CT molecular complexity index is 118. The van der Waals surface area contributed by atoms with Crippen molar-refractivity contribution >= 4 is 8.07 Å². The molecule has 0 heterocycles. The van der Waals surface area contributed by atoms with E-state index < -0.39 is 8.07 Å². The Kier molecular flexibility index (Phi) is 8.65. The van der Waals surface area contributed by atoms with E-state index in [1.54, 1.807) is 6.04 Å². The fourth-order valence-electron chi connectivity index (χ4n) is 1.74. The summed E-state index contributed by atoms with van der Waals surface area (Å²) in [7, 11) is -0.753. The number of unbranched alkanes of at least 4 members (excludes halogenated alkanes) is 6. The van der Waals surface area contributed by atoms with Crippen molar-refractivity contribution < 1.29 is 0 Å². The summed E-state index contributed by atoms with van der Waals surface area (Å²) in [5.74, 6) is 0. The summed E-state index contributed by atoms with van der Waals surface area (Å²) in [5.41, 5.74) is 0. The molecule has 0 radical (unpaired) electrons. The number of hydrogen-bond donors (Lipinski definition) is 0. The average molecular weight is 214 g/mol. The second-order valence-electron chi connectivity index (χ2n) is 5.39. The van der Waals surface area contributed by atoms with Crippen LogP contribution in [0.2, 0.25) is 25.2 Å². The highest BCUT2D eigenvalue weighted by Crippen LogP contribution is 2.19. The van der Waals surface area contributed by atoms with Crippen molar-refractivity contribution in [3.8, 4) is 0 Å². The first kappa shape index (κ1) is 14.2. The quantitative estimate of drug-likeness (QED) is 0.353. The molecule has 86 valence electrons. The zero-order chi connectivity index (χ0) is 10.9. The molecule has 0 atom stereocenters. The van der Waals surface area contributed by atoms with E-state index in [1.807, 2.05) is 0 Å². The molecule has 0 aliphatic rings. The highest BCUT2D eigenvalue weighted by atomic mass is 28.3. The van der Waals surface area contributed by atoms with Gasteiger partial charge in [-0.15, -0.1) is 0 Å². The molecule has 1 heteroatoms. The third-order valence-electron chi connectivity index (χ3n) is 3.41. The van der Waals surface area contributed by atoms with Gasteiger partial charge in [0.1, 0.15) is 0 Å². The van der Waals surface area contributed by atoms with Crippen LogP contribution in [0.5, 0.6) is 0 Å². The molecule has 0 nitrogen and oxygen atoms in total. The Hall–Kier alpha value is 0.217. The molecule has 0 bridgehead atoms. The lowest BCUT2D eigenvalue weighted by atomic mass is 10.1. The van der Waals surface area contributed by atoms with Crippen molar-refractivity contribution in [2.45, 2.75) is 84.0 Å². The van der Waals surface area contributed by atoms with Gasteiger partial charge in [0.15, 0.2) is 0 Å². The molecule has 0 aliphatic carbocycles. The maximum Gasteiger partial charge on any atom is 0.0471 e. The third kappa shape index (κ3) is 8.80.